The summed E-state index contributed by atoms with van der Waals surface area (Å²) < 4.78 is 3.12. The predicted octanol–water partition coefficient (Wildman–Crippen LogP) is 4.72. The Balaban J connectivity index is 1.61. The molecule has 4 heterocycles. The third-order valence-corrected chi connectivity index (χ3v) is 5.58. The van der Waals surface area contributed by atoms with Crippen LogP contribution in [0.15, 0.2) is 29.1 Å². The van der Waals surface area contributed by atoms with E-state index >= 15 is 0 Å². The quantitative estimate of drug-likeness (QED) is 0.729. The van der Waals surface area contributed by atoms with E-state index < -0.39 is 0 Å². The lowest BCUT2D eigenvalue weighted by molar-refractivity contribution is 0.313. The molecule has 2 bridgehead atoms. The van der Waals surface area contributed by atoms with Crippen LogP contribution in [0.25, 0.3) is 0 Å². The molecular formula is C15H15BrCl2N4. The molecule has 7 heteroatoms. The van der Waals surface area contributed by atoms with Crippen LogP contribution < -0.4 is 4.90 Å². The van der Waals surface area contributed by atoms with Gasteiger partial charge in [-0.2, -0.15) is 5.10 Å². The van der Waals surface area contributed by atoms with Crippen LogP contribution in [0.5, 0.6) is 0 Å². The van der Waals surface area contributed by atoms with Gasteiger partial charge in [0.2, 0.25) is 0 Å². The van der Waals surface area contributed by atoms with E-state index in [2.05, 4.69) is 41.8 Å². The van der Waals surface area contributed by atoms with Crippen molar-refractivity contribution in [1.82, 2.24) is 14.8 Å². The lowest BCUT2D eigenvalue weighted by Crippen LogP contribution is -2.44. The number of anilines is 1. The molecule has 0 aromatic carbocycles. The van der Waals surface area contributed by atoms with Gasteiger partial charge in [0, 0.05) is 24.5 Å². The monoisotopic (exact) mass is 400 g/mol. The van der Waals surface area contributed by atoms with E-state index in [0.29, 0.717) is 28.2 Å². The molecule has 22 heavy (non-hydrogen) atoms. The number of hydrogen-bond donors (Lipinski definition) is 0. The molecule has 4 nitrogen and oxygen atoms in total. The maximum atomic E-state index is 6.37. The SMILES string of the molecule is Clc1cnc(N2C3CCC2CC(n2cc(Br)cn2)C3)c(Cl)c1. The average molecular weight is 402 g/mol. The molecule has 0 N–H and O–H groups in total. The van der Waals surface area contributed by atoms with Crippen molar-refractivity contribution in [1.29, 1.82) is 0 Å². The maximum Gasteiger partial charge on any atom is 0.147 e. The molecule has 2 aromatic rings. The van der Waals surface area contributed by atoms with E-state index in [0.717, 1.165) is 23.1 Å². The van der Waals surface area contributed by atoms with Crippen LogP contribution in [-0.4, -0.2) is 26.8 Å². The molecule has 2 saturated heterocycles. The van der Waals surface area contributed by atoms with Gasteiger partial charge in [-0.1, -0.05) is 23.2 Å². The van der Waals surface area contributed by atoms with Crippen molar-refractivity contribution in [2.75, 3.05) is 4.90 Å². The molecule has 0 amide bonds. The van der Waals surface area contributed by atoms with Crippen LogP contribution >= 0.6 is 39.1 Å². The van der Waals surface area contributed by atoms with E-state index in [1.165, 1.54) is 12.8 Å². The van der Waals surface area contributed by atoms with E-state index in [9.17, 15) is 0 Å². The molecule has 2 aromatic heterocycles. The second-order valence-corrected chi connectivity index (χ2v) is 7.77. The van der Waals surface area contributed by atoms with E-state index in [1.54, 1.807) is 12.3 Å². The van der Waals surface area contributed by atoms with Gasteiger partial charge in [0.05, 0.1) is 26.8 Å². The van der Waals surface area contributed by atoms with Gasteiger partial charge < -0.3 is 4.90 Å². The first-order chi connectivity index (χ1) is 10.6. The number of pyridine rings is 1. The first-order valence-corrected chi connectivity index (χ1v) is 8.96. The van der Waals surface area contributed by atoms with Crippen LogP contribution in [-0.2, 0) is 0 Å². The Morgan fingerprint density at radius 1 is 1.09 bits per heavy atom. The molecule has 2 atom stereocenters. The van der Waals surface area contributed by atoms with Crippen molar-refractivity contribution >= 4 is 44.9 Å². The molecule has 116 valence electrons. The van der Waals surface area contributed by atoms with Gasteiger partial charge in [-0.3, -0.25) is 4.68 Å². The normalized spacial score (nSPS) is 27.4. The highest BCUT2D eigenvalue weighted by Gasteiger charge is 2.42. The fourth-order valence-electron chi connectivity index (χ4n) is 3.82. The average Bonchev–Trinajstić information content (AvgIpc) is 3.01. The minimum atomic E-state index is 0.450. The number of nitrogens with zero attached hydrogens (tertiary/aromatic N) is 4. The molecule has 2 aliphatic rings. The van der Waals surface area contributed by atoms with Gasteiger partial charge in [0.15, 0.2) is 0 Å². The summed E-state index contributed by atoms with van der Waals surface area (Å²) in [6.45, 7) is 0. The van der Waals surface area contributed by atoms with Crippen LogP contribution in [0.4, 0.5) is 5.82 Å². The zero-order chi connectivity index (χ0) is 15.3. The number of rotatable bonds is 2. The Morgan fingerprint density at radius 3 is 2.41 bits per heavy atom. The largest absolute Gasteiger partial charge is 0.349 e. The zero-order valence-electron chi connectivity index (χ0n) is 11.8. The van der Waals surface area contributed by atoms with Gasteiger partial charge in [-0.15, -0.1) is 0 Å². The summed E-state index contributed by atoms with van der Waals surface area (Å²) in [5.41, 5.74) is 0. The van der Waals surface area contributed by atoms with Gasteiger partial charge in [0.1, 0.15) is 5.82 Å². The van der Waals surface area contributed by atoms with Gasteiger partial charge in [0.25, 0.3) is 0 Å². The highest BCUT2D eigenvalue weighted by molar-refractivity contribution is 9.10. The second kappa shape index (κ2) is 5.69. The van der Waals surface area contributed by atoms with Crippen LogP contribution in [0.1, 0.15) is 31.7 Å². The Morgan fingerprint density at radius 2 is 1.82 bits per heavy atom. The molecule has 2 unspecified atom stereocenters. The summed E-state index contributed by atoms with van der Waals surface area (Å²) in [7, 11) is 0. The molecule has 2 fully saturated rings. The topological polar surface area (TPSA) is 34.0 Å². The Hall–Kier alpha value is -0.780. The lowest BCUT2D eigenvalue weighted by atomic mass is 9.97. The molecule has 4 rings (SSSR count). The minimum absolute atomic E-state index is 0.450. The fourth-order valence-corrected chi connectivity index (χ4v) is 4.60. The number of fused-ring (bicyclic) bond motifs is 2. The Bertz CT molecular complexity index is 691. The smallest absolute Gasteiger partial charge is 0.147 e. The van der Waals surface area contributed by atoms with Crippen LogP contribution in [0, 0.1) is 0 Å². The highest BCUT2D eigenvalue weighted by Crippen LogP contribution is 2.44. The van der Waals surface area contributed by atoms with E-state index in [4.69, 9.17) is 23.2 Å². The molecular weight excluding hydrogens is 387 g/mol. The predicted molar refractivity (Wildman–Crippen MR) is 91.7 cm³/mol. The summed E-state index contributed by atoms with van der Waals surface area (Å²) in [6, 6.07) is 3.17. The summed E-state index contributed by atoms with van der Waals surface area (Å²) in [5, 5.41) is 5.68. The van der Waals surface area contributed by atoms with E-state index in [1.807, 2.05) is 6.20 Å². The van der Waals surface area contributed by atoms with Gasteiger partial charge >= 0.3 is 0 Å². The Kier molecular flexibility index (Phi) is 3.83. The second-order valence-electron chi connectivity index (χ2n) is 6.02. The van der Waals surface area contributed by atoms with Crippen molar-refractivity contribution in [3.05, 3.63) is 39.2 Å². The van der Waals surface area contributed by atoms with E-state index in [-0.39, 0.29) is 0 Å². The molecule has 0 saturated carbocycles. The number of halogens is 3. The molecule has 0 radical (unpaired) electrons. The molecule has 0 aliphatic carbocycles. The van der Waals surface area contributed by atoms with Crippen LogP contribution in [0.3, 0.4) is 0 Å². The third-order valence-electron chi connectivity index (χ3n) is 4.69. The minimum Gasteiger partial charge on any atom is -0.349 e. The van der Waals surface area contributed by atoms with Gasteiger partial charge in [-0.25, -0.2) is 4.98 Å². The van der Waals surface area contributed by atoms with Gasteiger partial charge in [-0.05, 0) is 47.7 Å². The number of aromatic nitrogens is 3. The summed E-state index contributed by atoms with van der Waals surface area (Å²) in [4.78, 5) is 6.87. The fraction of sp³-hybridized carbons (Fsp3) is 0.467. The zero-order valence-corrected chi connectivity index (χ0v) is 14.9. The lowest BCUT2D eigenvalue weighted by Gasteiger charge is -2.40. The summed E-state index contributed by atoms with van der Waals surface area (Å²) in [6.07, 6.45) is 10.1. The van der Waals surface area contributed by atoms with Crippen molar-refractivity contribution in [3.8, 4) is 0 Å². The van der Waals surface area contributed by atoms with Crippen molar-refractivity contribution in [3.63, 3.8) is 0 Å². The first kappa shape index (κ1) is 14.8. The third kappa shape index (κ3) is 2.53. The van der Waals surface area contributed by atoms with Crippen molar-refractivity contribution in [2.24, 2.45) is 0 Å². The number of piperidine rings is 1. The summed E-state index contributed by atoms with van der Waals surface area (Å²) >= 11 is 15.8. The standard InChI is InChI=1S/C15H15BrCl2N4/c16-9-6-20-21(8-9)13-4-11-1-2-12(5-13)22(11)15-14(18)3-10(17)7-19-15/h3,6-8,11-13H,1-2,4-5H2. The first-order valence-electron chi connectivity index (χ1n) is 7.41. The molecule has 2 aliphatic heterocycles. The maximum absolute atomic E-state index is 6.37. The van der Waals surface area contributed by atoms with Crippen LogP contribution in [0.2, 0.25) is 10.0 Å². The summed E-state index contributed by atoms with van der Waals surface area (Å²) in [5.74, 6) is 0.874. The van der Waals surface area contributed by atoms with Crippen molar-refractivity contribution in [2.45, 2.75) is 43.8 Å². The number of hydrogen-bond acceptors (Lipinski definition) is 3. The Labute approximate surface area is 147 Å². The van der Waals surface area contributed by atoms with Crippen molar-refractivity contribution < 1.29 is 0 Å². The molecule has 0 spiro atoms. The highest BCUT2D eigenvalue weighted by atomic mass is 79.9.